The van der Waals surface area contributed by atoms with Crippen molar-refractivity contribution in [1.82, 2.24) is 25.3 Å². The highest BCUT2D eigenvalue weighted by atomic mass is 32.2. The maximum absolute atomic E-state index is 12.5. The lowest BCUT2D eigenvalue weighted by Crippen LogP contribution is -2.23. The van der Waals surface area contributed by atoms with Gasteiger partial charge in [0.15, 0.2) is 14.8 Å². The van der Waals surface area contributed by atoms with Crippen molar-refractivity contribution in [2.24, 2.45) is 0 Å². The Morgan fingerprint density at radius 3 is 2.87 bits per heavy atom. The van der Waals surface area contributed by atoms with Crippen LogP contribution in [0.1, 0.15) is 35.3 Å². The number of nitrogens with zero attached hydrogens (tertiary/aromatic N) is 4. The Balaban J connectivity index is 1.42. The maximum Gasteiger partial charge on any atom is 0.280 e. The number of nitrogens with one attached hydrogen (secondary N) is 1. The second-order valence-electron chi connectivity index (χ2n) is 6.62. The first-order valence-electron chi connectivity index (χ1n) is 9.35. The Morgan fingerprint density at radius 1 is 1.27 bits per heavy atom. The molecular weight excluding hydrogens is 426 g/mol. The van der Waals surface area contributed by atoms with Crippen molar-refractivity contribution in [2.45, 2.75) is 36.5 Å². The van der Waals surface area contributed by atoms with E-state index in [1.165, 1.54) is 35.9 Å². The molecule has 0 aromatic carbocycles. The third-order valence-electron chi connectivity index (χ3n) is 4.37. The Labute approximate surface area is 177 Å². The zero-order chi connectivity index (χ0) is 21.1. The zero-order valence-electron chi connectivity index (χ0n) is 16.1. The fraction of sp³-hybridized carbons (Fsp3) is 0.316. The average molecular weight is 446 g/mol. The molecule has 1 saturated carbocycles. The first-order valence-corrected chi connectivity index (χ1v) is 11.7. The van der Waals surface area contributed by atoms with E-state index in [2.05, 4.69) is 25.3 Å². The van der Waals surface area contributed by atoms with E-state index in [1.54, 1.807) is 12.4 Å². The van der Waals surface area contributed by atoms with Crippen LogP contribution in [0, 0.1) is 0 Å². The molecule has 3 heterocycles. The SMILES string of the molecule is CCOc1cncc(-c2cnc(C(=O)NCc3cc(S(=O)(=O)C4CC4)ccn3)s2)n1. The van der Waals surface area contributed by atoms with E-state index in [1.807, 2.05) is 6.92 Å². The molecule has 30 heavy (non-hydrogen) atoms. The molecule has 1 aliphatic rings. The number of pyridine rings is 1. The van der Waals surface area contributed by atoms with E-state index in [0.29, 0.717) is 41.6 Å². The number of sulfone groups is 1. The van der Waals surface area contributed by atoms with Crippen molar-refractivity contribution in [3.05, 3.63) is 47.6 Å². The van der Waals surface area contributed by atoms with Gasteiger partial charge in [0.1, 0.15) is 5.69 Å². The first-order chi connectivity index (χ1) is 14.5. The van der Waals surface area contributed by atoms with Crippen LogP contribution in [0.15, 0.2) is 41.8 Å². The van der Waals surface area contributed by atoms with Crippen LogP contribution in [-0.2, 0) is 16.4 Å². The highest BCUT2D eigenvalue weighted by molar-refractivity contribution is 7.92. The fourth-order valence-corrected chi connectivity index (χ4v) is 5.21. The minimum Gasteiger partial charge on any atom is -0.477 e. The van der Waals surface area contributed by atoms with E-state index in [9.17, 15) is 13.2 Å². The normalized spacial score (nSPS) is 13.8. The number of amides is 1. The molecule has 0 bridgehead atoms. The second-order valence-corrected chi connectivity index (χ2v) is 9.87. The monoisotopic (exact) mass is 445 g/mol. The molecule has 0 spiro atoms. The fourth-order valence-electron chi connectivity index (χ4n) is 2.73. The van der Waals surface area contributed by atoms with Gasteiger partial charge in [0.2, 0.25) is 5.88 Å². The number of hydrogen-bond acceptors (Lipinski definition) is 9. The number of aromatic nitrogens is 4. The first kappa shape index (κ1) is 20.4. The topological polar surface area (TPSA) is 124 Å². The molecule has 3 aromatic heterocycles. The summed E-state index contributed by atoms with van der Waals surface area (Å²) >= 11 is 1.18. The van der Waals surface area contributed by atoms with E-state index < -0.39 is 9.84 Å². The molecule has 1 N–H and O–H groups in total. The number of rotatable bonds is 8. The average Bonchev–Trinajstić information content (AvgIpc) is 3.50. The van der Waals surface area contributed by atoms with Crippen LogP contribution < -0.4 is 10.1 Å². The molecule has 0 saturated heterocycles. The van der Waals surface area contributed by atoms with Gasteiger partial charge in [-0.3, -0.25) is 14.8 Å². The molecule has 1 aliphatic carbocycles. The predicted molar refractivity (Wildman–Crippen MR) is 110 cm³/mol. The van der Waals surface area contributed by atoms with Gasteiger partial charge in [0, 0.05) is 12.4 Å². The van der Waals surface area contributed by atoms with Crippen LogP contribution in [0.4, 0.5) is 0 Å². The molecular formula is C19H19N5O4S2. The van der Waals surface area contributed by atoms with Crippen molar-refractivity contribution in [1.29, 1.82) is 0 Å². The van der Waals surface area contributed by atoms with Gasteiger partial charge in [-0.25, -0.2) is 18.4 Å². The zero-order valence-corrected chi connectivity index (χ0v) is 17.7. The van der Waals surface area contributed by atoms with Gasteiger partial charge >= 0.3 is 0 Å². The molecule has 1 fully saturated rings. The van der Waals surface area contributed by atoms with Gasteiger partial charge < -0.3 is 10.1 Å². The predicted octanol–water partition coefficient (Wildman–Crippen LogP) is 2.26. The van der Waals surface area contributed by atoms with E-state index >= 15 is 0 Å². The number of hydrogen-bond donors (Lipinski definition) is 1. The molecule has 9 nitrogen and oxygen atoms in total. The summed E-state index contributed by atoms with van der Waals surface area (Å²) in [4.78, 5) is 30.1. The number of carbonyl (C=O) groups is 1. The van der Waals surface area contributed by atoms with Crippen LogP contribution in [0.3, 0.4) is 0 Å². The van der Waals surface area contributed by atoms with Gasteiger partial charge in [-0.1, -0.05) is 0 Å². The molecule has 0 aliphatic heterocycles. The van der Waals surface area contributed by atoms with Crippen LogP contribution in [0.5, 0.6) is 5.88 Å². The van der Waals surface area contributed by atoms with Gasteiger partial charge in [-0.2, -0.15) is 0 Å². The number of carbonyl (C=O) groups excluding carboxylic acids is 1. The Morgan fingerprint density at radius 2 is 2.10 bits per heavy atom. The van der Waals surface area contributed by atoms with E-state index in [4.69, 9.17) is 4.74 Å². The second kappa shape index (κ2) is 8.44. The Bertz CT molecular complexity index is 1170. The van der Waals surface area contributed by atoms with Crippen molar-refractivity contribution in [3.63, 3.8) is 0 Å². The minimum absolute atomic E-state index is 0.0986. The molecule has 11 heteroatoms. The summed E-state index contributed by atoms with van der Waals surface area (Å²) in [5, 5.41) is 2.69. The third-order valence-corrected chi connectivity index (χ3v) is 7.65. The molecule has 0 unspecified atom stereocenters. The summed E-state index contributed by atoms with van der Waals surface area (Å²) in [5.41, 5.74) is 1.04. The lowest BCUT2D eigenvalue weighted by molar-refractivity contribution is 0.0950. The number of ether oxygens (including phenoxy) is 1. The lowest BCUT2D eigenvalue weighted by Gasteiger charge is -2.06. The van der Waals surface area contributed by atoms with Crippen LogP contribution in [0.25, 0.3) is 10.6 Å². The highest BCUT2D eigenvalue weighted by Gasteiger charge is 2.36. The Hall–Kier alpha value is -2.92. The summed E-state index contributed by atoms with van der Waals surface area (Å²) < 4.78 is 30.1. The molecule has 3 aromatic rings. The van der Waals surface area contributed by atoms with Crippen molar-refractivity contribution < 1.29 is 17.9 Å². The summed E-state index contributed by atoms with van der Waals surface area (Å²) in [6.45, 7) is 2.43. The molecule has 4 rings (SSSR count). The van der Waals surface area contributed by atoms with Crippen molar-refractivity contribution in [2.75, 3.05) is 6.61 Å². The third kappa shape index (κ3) is 4.46. The summed E-state index contributed by atoms with van der Waals surface area (Å²) in [6, 6.07) is 3.00. The van der Waals surface area contributed by atoms with Crippen LogP contribution >= 0.6 is 11.3 Å². The summed E-state index contributed by atoms with van der Waals surface area (Å²) in [5.74, 6) is 0.0268. The molecule has 156 valence electrons. The number of thiazole rings is 1. The smallest absolute Gasteiger partial charge is 0.280 e. The van der Waals surface area contributed by atoms with E-state index in [-0.39, 0.29) is 27.6 Å². The van der Waals surface area contributed by atoms with Crippen LogP contribution in [-0.4, -0.2) is 46.1 Å². The summed E-state index contributed by atoms with van der Waals surface area (Å²) in [7, 11) is -3.30. The van der Waals surface area contributed by atoms with Gasteiger partial charge in [0.25, 0.3) is 5.91 Å². The minimum atomic E-state index is -3.30. The standard InChI is InChI=1S/C19H19N5O4S2/c1-2-28-17-11-20-9-15(24-17)16-10-23-19(29-16)18(25)22-8-12-7-14(5-6-21-12)30(26,27)13-3-4-13/h5-7,9-11,13H,2-4,8H2,1H3,(H,22,25). The van der Waals surface area contributed by atoms with Crippen LogP contribution in [0.2, 0.25) is 0 Å². The largest absolute Gasteiger partial charge is 0.477 e. The lowest BCUT2D eigenvalue weighted by atomic mass is 10.3. The van der Waals surface area contributed by atoms with E-state index in [0.717, 1.165) is 0 Å². The summed E-state index contributed by atoms with van der Waals surface area (Å²) in [6.07, 6.45) is 7.49. The molecule has 0 radical (unpaired) electrons. The van der Waals surface area contributed by atoms with Crippen molar-refractivity contribution in [3.8, 4) is 16.5 Å². The quantitative estimate of drug-likeness (QED) is 0.560. The van der Waals surface area contributed by atoms with Crippen molar-refractivity contribution >= 4 is 27.1 Å². The van der Waals surface area contributed by atoms with Gasteiger partial charge in [0.05, 0.1) is 46.3 Å². The van der Waals surface area contributed by atoms with Gasteiger partial charge in [-0.15, -0.1) is 11.3 Å². The molecule has 1 amide bonds. The Kier molecular flexibility index (Phi) is 5.73. The molecule has 0 atom stereocenters. The highest BCUT2D eigenvalue weighted by Crippen LogP contribution is 2.33. The van der Waals surface area contributed by atoms with Gasteiger partial charge in [-0.05, 0) is 31.9 Å². The maximum atomic E-state index is 12.5.